The molecule has 0 aromatic heterocycles. The Hall–Kier alpha value is -2.08. The van der Waals surface area contributed by atoms with Gasteiger partial charge in [-0.15, -0.1) is 0 Å². The largest absolute Gasteiger partial charge is 0.444 e. The fourth-order valence-electron chi connectivity index (χ4n) is 6.21. The summed E-state index contributed by atoms with van der Waals surface area (Å²) in [7, 11) is 0. The summed E-state index contributed by atoms with van der Waals surface area (Å²) in [5.74, 6) is 0.755. The highest BCUT2D eigenvalue weighted by Gasteiger charge is 2.42. The first-order valence-corrected chi connectivity index (χ1v) is 13.2. The third kappa shape index (κ3) is 5.94. The lowest BCUT2D eigenvalue weighted by atomic mass is 9.63. The lowest BCUT2D eigenvalue weighted by Gasteiger charge is -2.47. The maximum Gasteiger partial charge on any atom is 0.410 e. The van der Waals surface area contributed by atoms with Gasteiger partial charge in [-0.1, -0.05) is 24.3 Å². The molecule has 34 heavy (non-hydrogen) atoms. The Morgan fingerprint density at radius 1 is 1.03 bits per heavy atom. The van der Waals surface area contributed by atoms with Crippen molar-refractivity contribution in [3.05, 3.63) is 35.4 Å². The van der Waals surface area contributed by atoms with Gasteiger partial charge in [0.25, 0.3) is 0 Å². The SMILES string of the molecule is CC(=O)N[C@H]1CCC2(CCN(CCC3CCN(C(=O)OC(C)(C)C)CC3)CC2)c2ccccc21. The van der Waals surface area contributed by atoms with Crippen LogP contribution in [0, 0.1) is 5.92 Å². The van der Waals surface area contributed by atoms with E-state index in [-0.39, 0.29) is 23.5 Å². The van der Waals surface area contributed by atoms with Crippen molar-refractivity contribution < 1.29 is 14.3 Å². The molecule has 2 heterocycles. The van der Waals surface area contributed by atoms with Crippen LogP contribution in [-0.4, -0.2) is 60.1 Å². The number of ether oxygens (including phenoxy) is 1. The van der Waals surface area contributed by atoms with Gasteiger partial charge in [-0.05, 0) is 108 Å². The lowest BCUT2D eigenvalue weighted by Crippen LogP contribution is -2.47. The number of fused-ring (bicyclic) bond motifs is 2. The van der Waals surface area contributed by atoms with E-state index >= 15 is 0 Å². The summed E-state index contributed by atoms with van der Waals surface area (Å²) in [5.41, 5.74) is 2.63. The van der Waals surface area contributed by atoms with Crippen LogP contribution >= 0.6 is 0 Å². The Bertz CT molecular complexity index is 862. The zero-order valence-corrected chi connectivity index (χ0v) is 21.6. The van der Waals surface area contributed by atoms with Crippen molar-refractivity contribution in [1.82, 2.24) is 15.1 Å². The van der Waals surface area contributed by atoms with Crippen molar-refractivity contribution in [2.75, 3.05) is 32.7 Å². The van der Waals surface area contributed by atoms with Crippen molar-refractivity contribution in [2.24, 2.45) is 5.92 Å². The molecule has 2 aliphatic heterocycles. The Labute approximate surface area is 205 Å². The maximum atomic E-state index is 12.3. The first-order chi connectivity index (χ1) is 16.2. The topological polar surface area (TPSA) is 61.9 Å². The highest BCUT2D eigenvalue weighted by atomic mass is 16.6. The van der Waals surface area contributed by atoms with Crippen LogP contribution in [0.25, 0.3) is 0 Å². The zero-order chi connectivity index (χ0) is 24.3. The minimum atomic E-state index is -0.427. The Morgan fingerprint density at radius 3 is 2.35 bits per heavy atom. The van der Waals surface area contributed by atoms with Crippen molar-refractivity contribution in [1.29, 1.82) is 0 Å². The third-order valence-electron chi connectivity index (χ3n) is 8.13. The standard InChI is InChI=1S/C28H43N3O3/c1-21(32)29-25-9-13-28(24-8-6-5-7-23(24)25)14-19-30(20-15-28)16-10-22-11-17-31(18-12-22)26(33)34-27(2,3)4/h5-8,22,25H,9-20H2,1-4H3,(H,29,32)/t25-/m0/s1. The molecule has 2 fully saturated rings. The molecule has 1 spiro atoms. The predicted molar refractivity (Wildman–Crippen MR) is 135 cm³/mol. The first kappa shape index (κ1) is 25.0. The number of amides is 2. The van der Waals surface area contributed by atoms with Crippen molar-refractivity contribution in [3.63, 3.8) is 0 Å². The summed E-state index contributed by atoms with van der Waals surface area (Å²) in [6, 6.07) is 8.94. The van der Waals surface area contributed by atoms with E-state index in [0.29, 0.717) is 5.92 Å². The summed E-state index contributed by atoms with van der Waals surface area (Å²) in [5, 5.41) is 3.16. The molecule has 0 saturated carbocycles. The number of hydrogen-bond acceptors (Lipinski definition) is 4. The van der Waals surface area contributed by atoms with Gasteiger partial charge < -0.3 is 19.9 Å². The molecule has 6 heteroatoms. The Morgan fingerprint density at radius 2 is 1.71 bits per heavy atom. The molecular weight excluding hydrogens is 426 g/mol. The summed E-state index contributed by atoms with van der Waals surface area (Å²) in [4.78, 5) is 28.5. The predicted octanol–water partition coefficient (Wildman–Crippen LogP) is 5.03. The van der Waals surface area contributed by atoms with E-state index in [1.807, 2.05) is 25.7 Å². The quantitative estimate of drug-likeness (QED) is 0.672. The number of nitrogens with zero attached hydrogens (tertiary/aromatic N) is 2. The number of carbonyl (C=O) groups excluding carboxylic acids is 2. The molecule has 1 atom stereocenters. The van der Waals surface area contributed by atoms with Gasteiger partial charge >= 0.3 is 6.09 Å². The molecular formula is C28H43N3O3. The lowest BCUT2D eigenvalue weighted by molar-refractivity contribution is -0.119. The number of hydrogen-bond donors (Lipinski definition) is 1. The van der Waals surface area contributed by atoms with Gasteiger partial charge in [-0.3, -0.25) is 4.79 Å². The van der Waals surface area contributed by atoms with E-state index in [0.717, 1.165) is 58.4 Å². The van der Waals surface area contributed by atoms with Gasteiger partial charge in [0.05, 0.1) is 6.04 Å². The normalized spacial score (nSPS) is 23.4. The number of rotatable bonds is 4. The maximum absolute atomic E-state index is 12.3. The van der Waals surface area contributed by atoms with E-state index in [1.54, 1.807) is 6.92 Å². The number of carbonyl (C=O) groups is 2. The highest BCUT2D eigenvalue weighted by molar-refractivity contribution is 5.73. The van der Waals surface area contributed by atoms with E-state index in [9.17, 15) is 9.59 Å². The van der Waals surface area contributed by atoms with E-state index < -0.39 is 5.60 Å². The number of benzene rings is 1. The number of piperidine rings is 2. The van der Waals surface area contributed by atoms with Crippen LogP contribution in [0.2, 0.25) is 0 Å². The minimum absolute atomic E-state index is 0.0579. The molecule has 1 aliphatic carbocycles. The second-order valence-corrected chi connectivity index (χ2v) is 11.7. The third-order valence-corrected chi connectivity index (χ3v) is 8.13. The Kier molecular flexibility index (Phi) is 7.56. The zero-order valence-electron chi connectivity index (χ0n) is 21.6. The monoisotopic (exact) mass is 469 g/mol. The molecule has 4 rings (SSSR count). The molecule has 3 aliphatic rings. The van der Waals surface area contributed by atoms with Crippen molar-refractivity contribution in [3.8, 4) is 0 Å². The highest BCUT2D eigenvalue weighted by Crippen LogP contribution is 2.48. The van der Waals surface area contributed by atoms with Crippen molar-refractivity contribution >= 4 is 12.0 Å². The fraction of sp³-hybridized carbons (Fsp3) is 0.714. The second-order valence-electron chi connectivity index (χ2n) is 11.7. The van der Waals surface area contributed by atoms with Gasteiger partial charge in [0.2, 0.25) is 5.91 Å². The van der Waals surface area contributed by atoms with E-state index in [1.165, 1.54) is 30.4 Å². The van der Waals surface area contributed by atoms with Crippen LogP contribution in [0.5, 0.6) is 0 Å². The molecule has 1 N–H and O–H groups in total. The smallest absolute Gasteiger partial charge is 0.410 e. The fourth-order valence-corrected chi connectivity index (χ4v) is 6.21. The average molecular weight is 470 g/mol. The molecule has 2 amide bonds. The average Bonchev–Trinajstić information content (AvgIpc) is 2.80. The van der Waals surface area contributed by atoms with Gasteiger partial charge in [-0.25, -0.2) is 4.79 Å². The van der Waals surface area contributed by atoms with E-state index in [4.69, 9.17) is 4.74 Å². The summed E-state index contributed by atoms with van der Waals surface area (Å²) < 4.78 is 5.53. The van der Waals surface area contributed by atoms with Gasteiger partial charge in [0.15, 0.2) is 0 Å². The molecule has 1 aromatic carbocycles. The molecule has 0 radical (unpaired) electrons. The van der Waals surface area contributed by atoms with Gasteiger partial charge in [-0.2, -0.15) is 0 Å². The summed E-state index contributed by atoms with van der Waals surface area (Å²) >= 11 is 0. The summed E-state index contributed by atoms with van der Waals surface area (Å²) in [6.45, 7) is 12.5. The molecule has 2 saturated heterocycles. The summed E-state index contributed by atoms with van der Waals surface area (Å²) in [6.07, 6.45) is 7.81. The molecule has 0 unspecified atom stereocenters. The van der Waals surface area contributed by atoms with Crippen LogP contribution in [-0.2, 0) is 14.9 Å². The molecule has 0 bridgehead atoms. The van der Waals surface area contributed by atoms with Crippen LogP contribution in [0.1, 0.15) is 89.8 Å². The van der Waals surface area contributed by atoms with Crippen LogP contribution in [0.3, 0.4) is 0 Å². The van der Waals surface area contributed by atoms with Gasteiger partial charge in [0.1, 0.15) is 5.60 Å². The van der Waals surface area contributed by atoms with E-state index in [2.05, 4.69) is 34.5 Å². The van der Waals surface area contributed by atoms with Gasteiger partial charge in [0, 0.05) is 20.0 Å². The number of likely N-dealkylation sites (tertiary alicyclic amines) is 2. The second kappa shape index (κ2) is 10.3. The van der Waals surface area contributed by atoms with Crippen LogP contribution in [0.15, 0.2) is 24.3 Å². The van der Waals surface area contributed by atoms with Crippen LogP contribution in [0.4, 0.5) is 4.79 Å². The van der Waals surface area contributed by atoms with Crippen molar-refractivity contribution in [2.45, 2.75) is 89.7 Å². The van der Waals surface area contributed by atoms with Crippen LogP contribution < -0.4 is 5.32 Å². The molecule has 6 nitrogen and oxygen atoms in total. The first-order valence-electron chi connectivity index (χ1n) is 13.2. The number of nitrogens with one attached hydrogen (secondary N) is 1. The molecule has 188 valence electrons. The Balaban J connectivity index is 1.25. The molecule has 1 aromatic rings. The minimum Gasteiger partial charge on any atom is -0.444 e.